The van der Waals surface area contributed by atoms with Crippen molar-refractivity contribution in [3.8, 4) is 5.75 Å². The fraction of sp³-hybridized carbons (Fsp3) is 0.462. The van der Waals surface area contributed by atoms with Crippen LogP contribution in [0.4, 0.5) is 16.2 Å². The molecule has 10 heteroatoms. The van der Waals surface area contributed by atoms with Gasteiger partial charge >= 0.3 is 12.0 Å². The minimum absolute atomic E-state index is 0.0438. The van der Waals surface area contributed by atoms with Crippen LogP contribution >= 0.6 is 0 Å². The molecule has 2 rings (SSSR count). The third kappa shape index (κ3) is 9.18. The number of hydrogen-bond donors (Lipinski definition) is 2. The van der Waals surface area contributed by atoms with Crippen LogP contribution in [0.15, 0.2) is 48.5 Å². The summed E-state index contributed by atoms with van der Waals surface area (Å²) in [6.07, 6.45) is 1.23. The quantitative estimate of drug-likeness (QED) is 0.260. The molecule has 0 aliphatic heterocycles. The molecule has 196 valence electrons. The summed E-state index contributed by atoms with van der Waals surface area (Å²) in [5.74, 6) is -0.0542. The Kier molecular flexibility index (Phi) is 11.6. The first kappa shape index (κ1) is 28.6. The van der Waals surface area contributed by atoms with Crippen molar-refractivity contribution in [3.05, 3.63) is 64.2 Å². The number of carbonyl (C=O) groups excluding carboxylic acids is 1. The van der Waals surface area contributed by atoms with Crippen molar-refractivity contribution in [3.63, 3.8) is 0 Å². The van der Waals surface area contributed by atoms with Gasteiger partial charge in [0.15, 0.2) is 6.10 Å². The molecule has 2 amide bonds. The number of carboxylic acids is 1. The lowest BCUT2D eigenvalue weighted by Crippen LogP contribution is -2.40. The van der Waals surface area contributed by atoms with Gasteiger partial charge in [-0.3, -0.25) is 10.1 Å². The fourth-order valence-electron chi connectivity index (χ4n) is 3.63. The van der Waals surface area contributed by atoms with Crippen molar-refractivity contribution in [1.29, 1.82) is 0 Å². The number of non-ortho nitro benzene ring substituents is 1. The number of nitrogens with zero attached hydrogens (tertiary/aromatic N) is 2. The van der Waals surface area contributed by atoms with Gasteiger partial charge in [-0.15, -0.1) is 0 Å². The number of urea groups is 1. The van der Waals surface area contributed by atoms with E-state index in [4.69, 9.17) is 9.47 Å². The second kappa shape index (κ2) is 14.7. The number of rotatable bonds is 15. The topological polar surface area (TPSA) is 131 Å². The monoisotopic (exact) mass is 501 g/mol. The number of benzene rings is 2. The van der Waals surface area contributed by atoms with Gasteiger partial charge in [-0.05, 0) is 42.7 Å². The van der Waals surface area contributed by atoms with Crippen molar-refractivity contribution in [2.45, 2.75) is 46.1 Å². The highest BCUT2D eigenvalue weighted by Gasteiger charge is 2.19. The Morgan fingerprint density at radius 1 is 1.06 bits per heavy atom. The predicted octanol–water partition coefficient (Wildman–Crippen LogP) is 4.98. The molecule has 10 nitrogen and oxygen atoms in total. The Labute approximate surface area is 211 Å². The van der Waals surface area contributed by atoms with Gasteiger partial charge in [0.05, 0.1) is 11.5 Å². The van der Waals surface area contributed by atoms with E-state index in [0.29, 0.717) is 37.1 Å². The number of nitro groups is 1. The van der Waals surface area contributed by atoms with Crippen LogP contribution in [0.5, 0.6) is 5.75 Å². The van der Waals surface area contributed by atoms with Gasteiger partial charge in [0.1, 0.15) is 12.4 Å². The lowest BCUT2D eigenvalue weighted by molar-refractivity contribution is -0.384. The van der Waals surface area contributed by atoms with Crippen molar-refractivity contribution < 1.29 is 29.1 Å². The number of aliphatic carboxylic acids is 1. The molecular weight excluding hydrogens is 466 g/mol. The third-order valence-corrected chi connectivity index (χ3v) is 5.87. The number of nitro benzene ring substituents is 1. The van der Waals surface area contributed by atoms with Crippen LogP contribution in [0.25, 0.3) is 0 Å². The van der Waals surface area contributed by atoms with Crippen molar-refractivity contribution in [2.75, 3.05) is 31.6 Å². The summed E-state index contributed by atoms with van der Waals surface area (Å²) in [6, 6.07) is 12.5. The van der Waals surface area contributed by atoms with Crippen LogP contribution in [0, 0.1) is 16.0 Å². The highest BCUT2D eigenvalue weighted by molar-refractivity contribution is 5.89. The highest BCUT2D eigenvalue weighted by Crippen LogP contribution is 2.18. The van der Waals surface area contributed by atoms with Crippen molar-refractivity contribution in [1.82, 2.24) is 4.90 Å². The van der Waals surface area contributed by atoms with Gasteiger partial charge in [0.25, 0.3) is 5.69 Å². The van der Waals surface area contributed by atoms with Crippen LogP contribution in [-0.2, 0) is 16.0 Å². The molecule has 0 aliphatic rings. The number of anilines is 1. The van der Waals surface area contributed by atoms with Crippen LogP contribution in [-0.4, -0.2) is 59.3 Å². The van der Waals surface area contributed by atoms with E-state index < -0.39 is 17.0 Å². The average molecular weight is 502 g/mol. The Bertz CT molecular complexity index is 976. The van der Waals surface area contributed by atoms with E-state index in [1.54, 1.807) is 36.1 Å². The molecule has 0 spiro atoms. The molecule has 0 aliphatic carbocycles. The predicted molar refractivity (Wildman–Crippen MR) is 136 cm³/mol. The minimum atomic E-state index is -0.998. The fourth-order valence-corrected chi connectivity index (χ4v) is 3.63. The third-order valence-electron chi connectivity index (χ3n) is 5.87. The lowest BCUT2D eigenvalue weighted by atomic mass is 10.0. The molecule has 0 saturated carbocycles. The molecule has 0 radical (unpaired) electrons. The van der Waals surface area contributed by atoms with Gasteiger partial charge in [-0.2, -0.15) is 0 Å². The van der Waals surface area contributed by atoms with E-state index in [-0.39, 0.29) is 24.7 Å². The number of amides is 2. The summed E-state index contributed by atoms with van der Waals surface area (Å²) < 4.78 is 11.1. The minimum Gasteiger partial charge on any atom is -0.492 e. The van der Waals surface area contributed by atoms with E-state index in [9.17, 15) is 24.8 Å². The van der Waals surface area contributed by atoms with Crippen LogP contribution < -0.4 is 10.1 Å². The van der Waals surface area contributed by atoms with E-state index in [0.717, 1.165) is 18.4 Å². The van der Waals surface area contributed by atoms with Crippen LogP contribution in [0.2, 0.25) is 0 Å². The number of carbonyl (C=O) groups is 2. The molecule has 36 heavy (non-hydrogen) atoms. The molecule has 0 aromatic heterocycles. The molecule has 0 bridgehead atoms. The summed E-state index contributed by atoms with van der Waals surface area (Å²) in [5.41, 5.74) is 1.25. The molecular formula is C26H35N3O7. The summed E-state index contributed by atoms with van der Waals surface area (Å²) in [7, 11) is 0. The van der Waals surface area contributed by atoms with Crippen molar-refractivity contribution in [2.24, 2.45) is 5.92 Å². The zero-order chi connectivity index (χ0) is 26.5. The van der Waals surface area contributed by atoms with Crippen LogP contribution in [0.1, 0.15) is 39.2 Å². The maximum atomic E-state index is 13.0. The number of nitrogens with one attached hydrogen (secondary N) is 1. The first-order valence-electron chi connectivity index (χ1n) is 12.1. The molecule has 1 unspecified atom stereocenters. The maximum absolute atomic E-state index is 13.0. The highest BCUT2D eigenvalue weighted by atomic mass is 16.6. The lowest BCUT2D eigenvalue weighted by Gasteiger charge is -2.27. The molecule has 0 heterocycles. The SMILES string of the molecule is CCOC(Cc1ccc(OCCN(CC(CC)CC)C(=O)Nc2ccc([N+](=O)[O-])cc2)cc1)C(=O)O. The molecule has 0 saturated heterocycles. The smallest absolute Gasteiger partial charge is 0.333 e. The first-order valence-corrected chi connectivity index (χ1v) is 12.1. The Morgan fingerprint density at radius 2 is 1.69 bits per heavy atom. The standard InChI is InChI=1S/C26H35N3O7/c1-4-19(5-2)18-28(26(32)27-21-9-11-22(12-10-21)29(33)34)15-16-36-23-13-7-20(8-14-23)17-24(25(30)31)35-6-3/h7-14,19,24H,4-6,15-18H2,1-3H3,(H,27,32)(H,30,31). The summed E-state index contributed by atoms with van der Waals surface area (Å²) in [5, 5.41) is 22.9. The Morgan fingerprint density at radius 3 is 2.22 bits per heavy atom. The van der Waals surface area contributed by atoms with E-state index in [1.165, 1.54) is 24.3 Å². The Hall–Kier alpha value is -3.66. The molecule has 1 atom stereocenters. The molecule has 2 aromatic rings. The zero-order valence-electron chi connectivity index (χ0n) is 21.0. The average Bonchev–Trinajstić information content (AvgIpc) is 2.87. The van der Waals surface area contributed by atoms with E-state index in [1.807, 2.05) is 0 Å². The van der Waals surface area contributed by atoms with Crippen molar-refractivity contribution >= 4 is 23.4 Å². The van der Waals surface area contributed by atoms with Crippen LogP contribution in [0.3, 0.4) is 0 Å². The van der Waals surface area contributed by atoms with Gasteiger partial charge in [0.2, 0.25) is 0 Å². The maximum Gasteiger partial charge on any atom is 0.333 e. The zero-order valence-corrected chi connectivity index (χ0v) is 21.0. The van der Waals surface area contributed by atoms with Gasteiger partial charge < -0.3 is 24.8 Å². The summed E-state index contributed by atoms with van der Waals surface area (Å²) in [6.45, 7) is 7.42. The first-order chi connectivity index (χ1) is 17.3. The summed E-state index contributed by atoms with van der Waals surface area (Å²) >= 11 is 0. The second-order valence-electron chi connectivity index (χ2n) is 8.34. The molecule has 2 N–H and O–H groups in total. The van der Waals surface area contributed by atoms with E-state index >= 15 is 0 Å². The van der Waals surface area contributed by atoms with E-state index in [2.05, 4.69) is 19.2 Å². The largest absolute Gasteiger partial charge is 0.492 e. The number of hydrogen-bond acceptors (Lipinski definition) is 6. The number of ether oxygens (including phenoxy) is 2. The molecule has 2 aromatic carbocycles. The van der Waals surface area contributed by atoms with Gasteiger partial charge in [-0.25, -0.2) is 9.59 Å². The van der Waals surface area contributed by atoms with Gasteiger partial charge in [-0.1, -0.05) is 38.8 Å². The second-order valence-corrected chi connectivity index (χ2v) is 8.34. The summed E-state index contributed by atoms with van der Waals surface area (Å²) in [4.78, 5) is 36.3. The number of carboxylic acid groups (broad SMARTS) is 1. The normalized spacial score (nSPS) is 11.7. The molecule has 0 fully saturated rings. The van der Waals surface area contributed by atoms with Gasteiger partial charge in [0, 0.05) is 37.4 Å². The Balaban J connectivity index is 1.97.